The van der Waals surface area contributed by atoms with E-state index >= 15 is 0 Å². The summed E-state index contributed by atoms with van der Waals surface area (Å²) in [5, 5.41) is 2.22. The lowest BCUT2D eigenvalue weighted by atomic mass is 9.77. The van der Waals surface area contributed by atoms with Gasteiger partial charge in [-0.15, -0.1) is 0 Å². The molecule has 0 amide bonds. The number of anilines is 3. The van der Waals surface area contributed by atoms with Gasteiger partial charge in [0, 0.05) is 28.2 Å². The summed E-state index contributed by atoms with van der Waals surface area (Å²) in [4.78, 5) is 33.7. The van der Waals surface area contributed by atoms with Crippen molar-refractivity contribution in [2.75, 3.05) is 4.90 Å². The van der Waals surface area contributed by atoms with Gasteiger partial charge < -0.3 is 0 Å². The number of nitrogens with zero attached hydrogens (tertiary/aromatic N) is 7. The summed E-state index contributed by atoms with van der Waals surface area (Å²) in [5.74, 6) is 2.77. The molecule has 0 spiro atoms. The SMILES string of the molecule is Cc1cc(C)c(C(c2ccc(N(c3nc(-c4ccccc4)nc(-c4cccc(-c5ccccc5)c4)n3)c3nc(-c4ccccc4)nc(-c4ccc5ccccc5c4)n3)cc2)c2c(C)cc(C)cc2C)c(C)c1. The summed E-state index contributed by atoms with van der Waals surface area (Å²) in [6.45, 7) is 13.3. The normalized spacial score (nSPS) is 11.3. The zero-order chi connectivity index (χ0) is 49.3. The number of hydrogen-bond donors (Lipinski definition) is 0. The number of rotatable bonds is 11. The minimum atomic E-state index is -0.0274. The largest absolute Gasteiger partial charge is 0.246 e. The molecule has 0 N–H and O–H groups in total. The van der Waals surface area contributed by atoms with Crippen LogP contribution in [0.3, 0.4) is 0 Å². The standard InChI is InChI=1S/C65H53N7/c1-41-35-43(3)57(44(4)36-41)59(58-45(5)37-42(2)38-46(58)6)49-31-33-56(34-32-49)72(65-69-61(51-24-14-9-15-25-51)67-63(71-65)55-30-29-48-21-16-17-26-52(48)40-55)64-68-60(50-22-12-8-13-23-50)66-62(70-64)54-28-18-27-53(39-54)47-19-10-7-11-20-47/h7-40,59H,1-6H3. The second-order valence-corrected chi connectivity index (χ2v) is 18.8. The molecule has 7 heteroatoms. The molecule has 11 aromatic rings. The quantitative estimate of drug-likeness (QED) is 0.120. The molecule has 0 bridgehead atoms. The summed E-state index contributed by atoms with van der Waals surface area (Å²) >= 11 is 0. The first-order chi connectivity index (χ1) is 35.1. The van der Waals surface area contributed by atoms with Gasteiger partial charge in [-0.2, -0.15) is 19.9 Å². The molecule has 0 saturated carbocycles. The van der Waals surface area contributed by atoms with Crippen LogP contribution >= 0.6 is 0 Å². The molecule has 0 aliphatic carbocycles. The van der Waals surface area contributed by atoms with E-state index < -0.39 is 0 Å². The molecule has 0 unspecified atom stereocenters. The van der Waals surface area contributed by atoms with Crippen LogP contribution in [0.2, 0.25) is 0 Å². The van der Waals surface area contributed by atoms with Crippen molar-refractivity contribution >= 4 is 28.4 Å². The van der Waals surface area contributed by atoms with Gasteiger partial charge >= 0.3 is 0 Å². The van der Waals surface area contributed by atoms with Gasteiger partial charge in [0.25, 0.3) is 0 Å². The molecule has 2 aromatic heterocycles. The molecule has 9 aromatic carbocycles. The van der Waals surface area contributed by atoms with E-state index in [-0.39, 0.29) is 5.92 Å². The second kappa shape index (κ2) is 19.5. The van der Waals surface area contributed by atoms with Crippen molar-refractivity contribution in [3.63, 3.8) is 0 Å². The number of fused-ring (bicyclic) bond motifs is 1. The Morgan fingerprint density at radius 2 is 0.708 bits per heavy atom. The van der Waals surface area contributed by atoms with Crippen LogP contribution < -0.4 is 4.90 Å². The summed E-state index contributed by atoms with van der Waals surface area (Å²) in [7, 11) is 0. The van der Waals surface area contributed by atoms with Crippen molar-refractivity contribution < 1.29 is 0 Å². The molecule has 348 valence electrons. The molecule has 0 aliphatic heterocycles. The average molecular weight is 932 g/mol. The predicted octanol–water partition coefficient (Wildman–Crippen LogP) is 16.0. The molecule has 0 aliphatic rings. The van der Waals surface area contributed by atoms with Crippen LogP contribution in [-0.2, 0) is 0 Å². The maximum Gasteiger partial charge on any atom is 0.241 e. The molecule has 0 saturated heterocycles. The Labute approximate surface area is 421 Å². The fraction of sp³-hybridized carbons (Fsp3) is 0.108. The molecule has 11 rings (SSSR count). The maximum atomic E-state index is 5.38. The molecule has 72 heavy (non-hydrogen) atoms. The average Bonchev–Trinajstić information content (AvgIpc) is 3.41. The van der Waals surface area contributed by atoms with Crippen molar-refractivity contribution in [2.24, 2.45) is 0 Å². The van der Waals surface area contributed by atoms with Gasteiger partial charge in [-0.05, 0) is 127 Å². The lowest BCUT2D eigenvalue weighted by molar-refractivity contribution is 0.917. The summed E-state index contributed by atoms with van der Waals surface area (Å²) in [6, 6.07) is 71.6. The Kier molecular flexibility index (Phi) is 12.3. The van der Waals surface area contributed by atoms with Gasteiger partial charge in [-0.1, -0.05) is 193 Å². The number of aryl methyl sites for hydroxylation is 6. The van der Waals surface area contributed by atoms with E-state index in [2.05, 4.69) is 181 Å². The van der Waals surface area contributed by atoms with E-state index in [4.69, 9.17) is 29.9 Å². The molecule has 0 fully saturated rings. The topological polar surface area (TPSA) is 80.6 Å². The Hall–Kier alpha value is -8.94. The first-order valence-electron chi connectivity index (χ1n) is 24.5. The molecule has 0 atom stereocenters. The van der Waals surface area contributed by atoms with Gasteiger partial charge in [-0.25, -0.2) is 14.9 Å². The zero-order valence-electron chi connectivity index (χ0n) is 41.3. The van der Waals surface area contributed by atoms with Crippen LogP contribution in [0.25, 0.3) is 67.5 Å². The van der Waals surface area contributed by atoms with Crippen LogP contribution in [-0.4, -0.2) is 29.9 Å². The highest BCUT2D eigenvalue weighted by Crippen LogP contribution is 2.42. The lowest BCUT2D eigenvalue weighted by Gasteiger charge is -2.28. The van der Waals surface area contributed by atoms with E-state index in [9.17, 15) is 0 Å². The van der Waals surface area contributed by atoms with E-state index in [0.717, 1.165) is 49.8 Å². The summed E-state index contributed by atoms with van der Waals surface area (Å²) < 4.78 is 0. The Morgan fingerprint density at radius 1 is 0.306 bits per heavy atom. The lowest BCUT2D eigenvalue weighted by Crippen LogP contribution is -2.19. The summed E-state index contributed by atoms with van der Waals surface area (Å²) in [5.41, 5.74) is 17.7. The number of hydrogen-bond acceptors (Lipinski definition) is 7. The second-order valence-electron chi connectivity index (χ2n) is 18.8. The van der Waals surface area contributed by atoms with Crippen molar-refractivity contribution in [2.45, 2.75) is 47.5 Å². The molecular weight excluding hydrogens is 879 g/mol. The molecule has 7 nitrogen and oxygen atoms in total. The van der Waals surface area contributed by atoms with Gasteiger partial charge in [0.2, 0.25) is 11.9 Å². The summed E-state index contributed by atoms with van der Waals surface area (Å²) in [6.07, 6.45) is 0. The third-order valence-electron chi connectivity index (χ3n) is 13.5. The van der Waals surface area contributed by atoms with Crippen LogP contribution in [0.15, 0.2) is 206 Å². The predicted molar refractivity (Wildman–Crippen MR) is 295 cm³/mol. The highest BCUT2D eigenvalue weighted by Gasteiger charge is 2.28. The highest BCUT2D eigenvalue weighted by atomic mass is 15.4. The molecule has 0 radical (unpaired) electrons. The van der Waals surface area contributed by atoms with Crippen molar-refractivity contribution in [3.05, 3.63) is 256 Å². The van der Waals surface area contributed by atoms with Crippen molar-refractivity contribution in [3.8, 4) is 56.7 Å². The number of benzene rings is 9. The maximum absolute atomic E-state index is 5.38. The van der Waals surface area contributed by atoms with Crippen molar-refractivity contribution in [1.82, 2.24) is 29.9 Å². The van der Waals surface area contributed by atoms with Gasteiger partial charge in [0.15, 0.2) is 23.3 Å². The Morgan fingerprint density at radius 3 is 1.21 bits per heavy atom. The first-order valence-corrected chi connectivity index (χ1v) is 24.5. The van der Waals surface area contributed by atoms with Crippen LogP contribution in [0.5, 0.6) is 0 Å². The van der Waals surface area contributed by atoms with E-state index in [1.807, 2.05) is 71.6 Å². The van der Waals surface area contributed by atoms with Gasteiger partial charge in [0.05, 0.1) is 5.69 Å². The van der Waals surface area contributed by atoms with Gasteiger partial charge in [0.1, 0.15) is 0 Å². The van der Waals surface area contributed by atoms with E-state index in [1.54, 1.807) is 0 Å². The monoisotopic (exact) mass is 931 g/mol. The number of aromatic nitrogens is 6. The smallest absolute Gasteiger partial charge is 0.241 e. The highest BCUT2D eigenvalue weighted by molar-refractivity contribution is 5.87. The molecule has 2 heterocycles. The van der Waals surface area contributed by atoms with Crippen LogP contribution in [0.1, 0.15) is 56.0 Å². The fourth-order valence-electron chi connectivity index (χ4n) is 10.3. The third-order valence-corrected chi connectivity index (χ3v) is 13.5. The van der Waals surface area contributed by atoms with Crippen molar-refractivity contribution in [1.29, 1.82) is 0 Å². The van der Waals surface area contributed by atoms with Crippen LogP contribution in [0.4, 0.5) is 17.6 Å². The first kappa shape index (κ1) is 45.5. The minimum absolute atomic E-state index is 0.0274. The molecular formula is C65H53N7. The Balaban J connectivity index is 1.16. The van der Waals surface area contributed by atoms with E-state index in [0.29, 0.717) is 35.2 Å². The zero-order valence-corrected chi connectivity index (χ0v) is 41.3. The van der Waals surface area contributed by atoms with Crippen LogP contribution in [0, 0.1) is 41.5 Å². The third kappa shape index (κ3) is 9.16. The Bertz CT molecular complexity index is 3660. The minimum Gasteiger partial charge on any atom is -0.246 e. The van der Waals surface area contributed by atoms with Gasteiger partial charge in [-0.3, -0.25) is 0 Å². The van der Waals surface area contributed by atoms with E-state index in [1.165, 1.54) is 50.1 Å². The fourth-order valence-corrected chi connectivity index (χ4v) is 10.3.